The molecule has 0 N–H and O–H groups in total. The molecule has 0 aliphatic rings. The van der Waals surface area contributed by atoms with Crippen LogP contribution in [-0.2, 0) is 0 Å². The molecule has 24 heavy (non-hydrogen) atoms. The van der Waals surface area contributed by atoms with Crippen molar-refractivity contribution in [1.29, 1.82) is 0 Å². The maximum atomic E-state index is 12.4. The number of rotatable bonds is 7. The molecule has 0 bridgehead atoms. The zero-order valence-corrected chi connectivity index (χ0v) is 13.2. The van der Waals surface area contributed by atoms with Crippen LogP contribution in [0.25, 0.3) is 6.08 Å². The van der Waals surface area contributed by atoms with Gasteiger partial charge in [0.2, 0.25) is 0 Å². The van der Waals surface area contributed by atoms with E-state index in [-0.39, 0.29) is 11.5 Å². The minimum atomic E-state index is -2.94. The van der Waals surface area contributed by atoms with Gasteiger partial charge in [-0.15, -0.1) is 0 Å². The van der Waals surface area contributed by atoms with E-state index >= 15 is 0 Å². The molecule has 2 rings (SSSR count). The first-order valence-electron chi connectivity index (χ1n) is 7.03. The Morgan fingerprint density at radius 1 is 1.04 bits per heavy atom. The predicted octanol–water partition coefficient (Wildman–Crippen LogP) is 4.20. The first kappa shape index (κ1) is 17.5. The maximum absolute atomic E-state index is 12.4. The fourth-order valence-electron chi connectivity index (χ4n) is 2.08. The minimum absolute atomic E-state index is 0.00541. The fourth-order valence-corrected chi connectivity index (χ4v) is 2.08. The van der Waals surface area contributed by atoms with Crippen LogP contribution in [0.5, 0.6) is 17.2 Å². The molecular weight excluding hydrogens is 318 g/mol. The number of para-hydroxylation sites is 1. The van der Waals surface area contributed by atoms with Crippen molar-refractivity contribution in [3.05, 3.63) is 59.7 Å². The molecule has 0 saturated carbocycles. The fraction of sp³-hybridized carbons (Fsp3) is 0.167. The van der Waals surface area contributed by atoms with Crippen molar-refractivity contribution >= 4 is 11.9 Å². The smallest absolute Gasteiger partial charge is 0.387 e. The number of benzene rings is 2. The Bertz CT molecular complexity index is 742. The van der Waals surface area contributed by atoms with Gasteiger partial charge in [-0.2, -0.15) is 8.78 Å². The molecule has 0 spiro atoms. The van der Waals surface area contributed by atoms with Gasteiger partial charge in [0.25, 0.3) is 0 Å². The first-order valence-corrected chi connectivity index (χ1v) is 7.03. The van der Waals surface area contributed by atoms with E-state index in [1.54, 1.807) is 36.4 Å². The van der Waals surface area contributed by atoms with E-state index in [9.17, 15) is 13.6 Å². The molecule has 2 aromatic rings. The molecule has 2 aromatic carbocycles. The summed E-state index contributed by atoms with van der Waals surface area (Å²) in [7, 11) is 2.94. The van der Waals surface area contributed by atoms with Crippen LogP contribution < -0.4 is 14.2 Å². The van der Waals surface area contributed by atoms with Gasteiger partial charge in [-0.25, -0.2) is 0 Å². The Balaban J connectivity index is 2.28. The van der Waals surface area contributed by atoms with Crippen LogP contribution in [0.4, 0.5) is 8.78 Å². The van der Waals surface area contributed by atoms with E-state index in [1.807, 2.05) is 0 Å². The van der Waals surface area contributed by atoms with Crippen LogP contribution in [0.15, 0.2) is 48.5 Å². The maximum Gasteiger partial charge on any atom is 0.387 e. The van der Waals surface area contributed by atoms with Gasteiger partial charge < -0.3 is 14.2 Å². The number of hydrogen-bond donors (Lipinski definition) is 0. The van der Waals surface area contributed by atoms with Crippen molar-refractivity contribution in [3.63, 3.8) is 0 Å². The molecule has 0 radical (unpaired) electrons. The number of alkyl halides is 2. The number of ketones is 1. The number of halogens is 2. The lowest BCUT2D eigenvalue weighted by atomic mass is 10.1. The Labute approximate surface area is 138 Å². The zero-order chi connectivity index (χ0) is 17.5. The molecule has 0 aliphatic carbocycles. The summed E-state index contributed by atoms with van der Waals surface area (Å²) in [5, 5.41) is 0. The molecule has 0 unspecified atom stereocenters. The molecule has 0 heterocycles. The van der Waals surface area contributed by atoms with Crippen molar-refractivity contribution in [3.8, 4) is 17.2 Å². The second kappa shape index (κ2) is 8.10. The predicted molar refractivity (Wildman–Crippen MR) is 86.0 cm³/mol. The number of carbonyl (C=O) groups excluding carboxylic acids is 1. The van der Waals surface area contributed by atoms with Gasteiger partial charge in [0.15, 0.2) is 5.78 Å². The van der Waals surface area contributed by atoms with Gasteiger partial charge in [0.1, 0.15) is 17.2 Å². The van der Waals surface area contributed by atoms with Gasteiger partial charge in [0.05, 0.1) is 19.8 Å². The summed E-state index contributed by atoms with van der Waals surface area (Å²) in [4.78, 5) is 12.4. The Morgan fingerprint density at radius 2 is 1.79 bits per heavy atom. The molecule has 0 fully saturated rings. The topological polar surface area (TPSA) is 44.8 Å². The third kappa shape index (κ3) is 4.32. The lowest BCUT2D eigenvalue weighted by molar-refractivity contribution is -0.0499. The van der Waals surface area contributed by atoms with Crippen LogP contribution in [0, 0.1) is 0 Å². The molecular formula is C18H16F2O4. The van der Waals surface area contributed by atoms with Gasteiger partial charge >= 0.3 is 6.61 Å². The number of hydrogen-bond acceptors (Lipinski definition) is 4. The third-order valence-electron chi connectivity index (χ3n) is 3.22. The van der Waals surface area contributed by atoms with Gasteiger partial charge in [0, 0.05) is 5.56 Å². The summed E-state index contributed by atoms with van der Waals surface area (Å²) in [5.74, 6) is 0.545. The Kier molecular flexibility index (Phi) is 5.89. The van der Waals surface area contributed by atoms with Crippen LogP contribution in [0.3, 0.4) is 0 Å². The van der Waals surface area contributed by atoms with Crippen molar-refractivity contribution in [1.82, 2.24) is 0 Å². The molecule has 0 aliphatic heterocycles. The molecule has 0 aromatic heterocycles. The minimum Gasteiger partial charge on any atom is -0.497 e. The van der Waals surface area contributed by atoms with Crippen LogP contribution in [0.1, 0.15) is 15.9 Å². The first-order chi connectivity index (χ1) is 11.5. The third-order valence-corrected chi connectivity index (χ3v) is 3.22. The van der Waals surface area contributed by atoms with E-state index in [0.717, 1.165) is 0 Å². The molecule has 0 saturated heterocycles. The SMILES string of the molecule is COc1ccc(OC)c(C(=O)/C=C/c2ccccc2OC(F)F)c1. The monoisotopic (exact) mass is 334 g/mol. The highest BCUT2D eigenvalue weighted by Crippen LogP contribution is 2.26. The highest BCUT2D eigenvalue weighted by Gasteiger charge is 2.12. The summed E-state index contributed by atoms with van der Waals surface area (Å²) in [6, 6.07) is 11.1. The molecule has 4 nitrogen and oxygen atoms in total. The highest BCUT2D eigenvalue weighted by atomic mass is 19.3. The van der Waals surface area contributed by atoms with Crippen LogP contribution in [-0.4, -0.2) is 26.6 Å². The Hall–Kier alpha value is -2.89. The number of methoxy groups -OCH3 is 2. The summed E-state index contributed by atoms with van der Waals surface area (Å²) >= 11 is 0. The quantitative estimate of drug-likeness (QED) is 0.562. The van der Waals surface area contributed by atoms with Crippen molar-refractivity contribution in [2.45, 2.75) is 6.61 Å². The van der Waals surface area contributed by atoms with E-state index in [0.29, 0.717) is 22.6 Å². The van der Waals surface area contributed by atoms with Crippen molar-refractivity contribution < 1.29 is 27.8 Å². The van der Waals surface area contributed by atoms with E-state index in [2.05, 4.69) is 4.74 Å². The summed E-state index contributed by atoms with van der Waals surface area (Å²) in [6.45, 7) is -2.94. The number of ether oxygens (including phenoxy) is 3. The summed E-state index contributed by atoms with van der Waals surface area (Å²) < 4.78 is 39.5. The second-order valence-corrected chi connectivity index (χ2v) is 4.68. The van der Waals surface area contributed by atoms with E-state index in [1.165, 1.54) is 32.4 Å². The van der Waals surface area contributed by atoms with Crippen molar-refractivity contribution in [2.75, 3.05) is 14.2 Å². The van der Waals surface area contributed by atoms with E-state index < -0.39 is 6.61 Å². The summed E-state index contributed by atoms with van der Waals surface area (Å²) in [5.41, 5.74) is 0.674. The van der Waals surface area contributed by atoms with Gasteiger partial charge in [-0.1, -0.05) is 18.2 Å². The molecule has 6 heteroatoms. The normalized spacial score (nSPS) is 10.9. The largest absolute Gasteiger partial charge is 0.497 e. The molecule has 0 atom stereocenters. The van der Waals surface area contributed by atoms with E-state index in [4.69, 9.17) is 9.47 Å². The van der Waals surface area contributed by atoms with Crippen LogP contribution >= 0.6 is 0 Å². The highest BCUT2D eigenvalue weighted by molar-refractivity contribution is 6.09. The number of carbonyl (C=O) groups is 1. The second-order valence-electron chi connectivity index (χ2n) is 4.68. The van der Waals surface area contributed by atoms with Crippen LogP contribution in [0.2, 0.25) is 0 Å². The number of allylic oxidation sites excluding steroid dienone is 1. The lowest BCUT2D eigenvalue weighted by Gasteiger charge is -2.09. The Morgan fingerprint density at radius 3 is 2.46 bits per heavy atom. The average molecular weight is 334 g/mol. The van der Waals surface area contributed by atoms with Crippen molar-refractivity contribution in [2.24, 2.45) is 0 Å². The average Bonchev–Trinajstić information content (AvgIpc) is 2.59. The standard InChI is InChI=1S/C18H16F2O4/c1-22-13-8-10-17(23-2)14(11-13)15(21)9-7-12-5-3-4-6-16(12)24-18(19)20/h3-11,18H,1-2H3/b9-7+. The molecule has 0 amide bonds. The molecule has 126 valence electrons. The van der Waals surface area contributed by atoms with Gasteiger partial charge in [-0.05, 0) is 36.4 Å². The lowest BCUT2D eigenvalue weighted by Crippen LogP contribution is -2.03. The zero-order valence-electron chi connectivity index (χ0n) is 13.2. The summed E-state index contributed by atoms with van der Waals surface area (Å²) in [6.07, 6.45) is 2.68. The van der Waals surface area contributed by atoms with Gasteiger partial charge in [-0.3, -0.25) is 4.79 Å².